The Hall–Kier alpha value is -2.09. The van der Waals surface area contributed by atoms with Crippen LogP contribution in [0.3, 0.4) is 0 Å². The predicted molar refractivity (Wildman–Crippen MR) is 81.4 cm³/mol. The topological polar surface area (TPSA) is 100 Å². The summed E-state index contributed by atoms with van der Waals surface area (Å²) in [5.41, 5.74) is 2.68. The molecule has 0 heterocycles. The van der Waals surface area contributed by atoms with Gasteiger partial charge in [-0.25, -0.2) is 5.43 Å². The summed E-state index contributed by atoms with van der Waals surface area (Å²) < 4.78 is 5.70. The fourth-order valence-corrected chi connectivity index (χ4v) is 1.85. The quantitative estimate of drug-likeness (QED) is 0.418. The molecule has 1 rings (SSSR count). The van der Waals surface area contributed by atoms with Crippen molar-refractivity contribution in [3.63, 3.8) is 0 Å². The van der Waals surface area contributed by atoms with E-state index >= 15 is 0 Å². The number of carbonyl (C=O) groups excluding carboxylic acids is 2. The second-order valence-corrected chi connectivity index (χ2v) is 4.70. The van der Waals surface area contributed by atoms with E-state index in [0.29, 0.717) is 28.9 Å². The number of hydrogen-bond acceptors (Lipinski definition) is 5. The molecule has 0 saturated heterocycles. The monoisotopic (exact) mass is 357 g/mol. The molecule has 3 N–H and O–H groups in total. The average Bonchev–Trinajstić information content (AvgIpc) is 2.44. The molecular weight excluding hydrogens is 342 g/mol. The Kier molecular flexibility index (Phi) is 6.67. The molecular formula is C13H16BrN3O4. The molecule has 0 saturated carbocycles. The summed E-state index contributed by atoms with van der Waals surface area (Å²) in [7, 11) is 0. The summed E-state index contributed by atoms with van der Waals surface area (Å²) in [5, 5.41) is 15.8. The van der Waals surface area contributed by atoms with Gasteiger partial charge in [0.25, 0.3) is 0 Å². The van der Waals surface area contributed by atoms with E-state index in [1.54, 1.807) is 26.0 Å². The maximum Gasteiger partial charge on any atom is 0.329 e. The smallest absolute Gasteiger partial charge is 0.329 e. The lowest BCUT2D eigenvalue weighted by Gasteiger charge is -2.08. The minimum absolute atomic E-state index is 0.0136. The van der Waals surface area contributed by atoms with E-state index in [4.69, 9.17) is 4.74 Å². The van der Waals surface area contributed by atoms with Crippen molar-refractivity contribution in [2.24, 2.45) is 5.10 Å². The molecule has 0 spiro atoms. The van der Waals surface area contributed by atoms with Crippen molar-refractivity contribution in [2.45, 2.75) is 13.8 Å². The highest BCUT2D eigenvalue weighted by atomic mass is 79.9. The van der Waals surface area contributed by atoms with Gasteiger partial charge in [0.05, 0.1) is 17.3 Å². The molecule has 7 nitrogen and oxygen atoms in total. The van der Waals surface area contributed by atoms with Crippen LogP contribution >= 0.6 is 15.9 Å². The average molecular weight is 358 g/mol. The Balaban J connectivity index is 2.76. The minimum atomic E-state index is -0.851. The summed E-state index contributed by atoms with van der Waals surface area (Å²) in [6.45, 7) is 4.26. The van der Waals surface area contributed by atoms with Crippen LogP contribution in [0.5, 0.6) is 11.5 Å². The fraction of sp³-hybridized carbons (Fsp3) is 0.308. The molecule has 0 bridgehead atoms. The van der Waals surface area contributed by atoms with Crippen LogP contribution in [-0.2, 0) is 9.59 Å². The van der Waals surface area contributed by atoms with Crippen LogP contribution in [0.4, 0.5) is 0 Å². The van der Waals surface area contributed by atoms with Crippen molar-refractivity contribution in [2.75, 3.05) is 13.2 Å². The second-order valence-electron chi connectivity index (χ2n) is 3.84. The van der Waals surface area contributed by atoms with Crippen molar-refractivity contribution in [1.29, 1.82) is 0 Å². The van der Waals surface area contributed by atoms with Crippen molar-refractivity contribution >= 4 is 34.0 Å². The van der Waals surface area contributed by atoms with E-state index in [2.05, 4.69) is 31.8 Å². The van der Waals surface area contributed by atoms with Crippen LogP contribution in [-0.4, -0.2) is 36.3 Å². The molecule has 1 aromatic rings. The predicted octanol–water partition coefficient (Wildman–Crippen LogP) is 1.14. The van der Waals surface area contributed by atoms with Crippen LogP contribution in [0.1, 0.15) is 19.4 Å². The molecule has 114 valence electrons. The first-order valence-corrected chi connectivity index (χ1v) is 7.05. The minimum Gasteiger partial charge on any atom is -0.503 e. The Morgan fingerprint density at radius 2 is 2.10 bits per heavy atom. The molecule has 0 fully saturated rings. The van der Waals surface area contributed by atoms with Gasteiger partial charge in [-0.05, 0) is 47.5 Å². The van der Waals surface area contributed by atoms with E-state index in [-0.39, 0.29) is 5.75 Å². The molecule has 0 radical (unpaired) electrons. The lowest BCUT2D eigenvalue weighted by molar-refractivity contribution is -0.139. The number of carbonyl (C=O) groups is 2. The Morgan fingerprint density at radius 1 is 1.38 bits per heavy atom. The largest absolute Gasteiger partial charge is 0.503 e. The summed E-state index contributed by atoms with van der Waals surface area (Å²) in [5.74, 6) is -1.32. The summed E-state index contributed by atoms with van der Waals surface area (Å²) in [4.78, 5) is 22.5. The number of nitrogens with zero attached hydrogens (tertiary/aromatic N) is 1. The normalized spacial score (nSPS) is 10.4. The highest BCUT2D eigenvalue weighted by molar-refractivity contribution is 9.10. The van der Waals surface area contributed by atoms with Crippen molar-refractivity contribution in [3.8, 4) is 11.5 Å². The maximum atomic E-state index is 11.3. The van der Waals surface area contributed by atoms with Gasteiger partial charge < -0.3 is 15.2 Å². The number of hydrazone groups is 1. The van der Waals surface area contributed by atoms with Gasteiger partial charge >= 0.3 is 11.8 Å². The van der Waals surface area contributed by atoms with Crippen LogP contribution in [0.2, 0.25) is 0 Å². The number of likely N-dealkylation sites (N-methyl/N-ethyl adjacent to an activating group) is 1. The Labute approximate surface area is 130 Å². The van der Waals surface area contributed by atoms with Crippen molar-refractivity contribution in [1.82, 2.24) is 10.7 Å². The van der Waals surface area contributed by atoms with Gasteiger partial charge in [0.1, 0.15) is 0 Å². The third-order valence-corrected chi connectivity index (χ3v) is 2.88. The molecule has 1 aromatic carbocycles. The summed E-state index contributed by atoms with van der Waals surface area (Å²) in [6.07, 6.45) is 1.34. The number of aromatic hydroxyl groups is 1. The van der Waals surface area contributed by atoms with Crippen LogP contribution in [0.25, 0.3) is 0 Å². The third kappa shape index (κ3) is 5.07. The Morgan fingerprint density at radius 3 is 2.71 bits per heavy atom. The molecule has 8 heteroatoms. The molecule has 0 aliphatic heterocycles. The zero-order chi connectivity index (χ0) is 15.8. The maximum absolute atomic E-state index is 11.3. The first-order valence-electron chi connectivity index (χ1n) is 6.26. The molecule has 0 unspecified atom stereocenters. The van der Waals surface area contributed by atoms with E-state index in [0.717, 1.165) is 0 Å². The van der Waals surface area contributed by atoms with E-state index in [1.165, 1.54) is 6.21 Å². The summed E-state index contributed by atoms with van der Waals surface area (Å²) >= 11 is 3.19. The van der Waals surface area contributed by atoms with Gasteiger partial charge in [-0.3, -0.25) is 9.59 Å². The molecule has 2 amide bonds. The number of nitrogens with one attached hydrogen (secondary N) is 2. The lowest BCUT2D eigenvalue weighted by atomic mass is 10.2. The number of halogens is 1. The third-order valence-electron chi connectivity index (χ3n) is 2.27. The van der Waals surface area contributed by atoms with Crippen LogP contribution < -0.4 is 15.5 Å². The van der Waals surface area contributed by atoms with Gasteiger partial charge in [-0.15, -0.1) is 0 Å². The summed E-state index contributed by atoms with van der Waals surface area (Å²) in [6, 6.07) is 3.16. The number of ether oxygens (including phenoxy) is 1. The Bertz CT molecular complexity index is 561. The van der Waals surface area contributed by atoms with Gasteiger partial charge in [0, 0.05) is 6.54 Å². The first kappa shape index (κ1) is 17.0. The van der Waals surface area contributed by atoms with E-state index < -0.39 is 11.8 Å². The van der Waals surface area contributed by atoms with E-state index in [1.807, 2.05) is 0 Å². The number of rotatable bonds is 5. The molecule has 0 aliphatic rings. The highest BCUT2D eigenvalue weighted by Crippen LogP contribution is 2.34. The van der Waals surface area contributed by atoms with Gasteiger partial charge in [-0.2, -0.15) is 5.10 Å². The van der Waals surface area contributed by atoms with Crippen molar-refractivity contribution < 1.29 is 19.4 Å². The molecule has 0 aliphatic carbocycles. The van der Waals surface area contributed by atoms with Crippen molar-refractivity contribution in [3.05, 3.63) is 22.2 Å². The number of amides is 2. The van der Waals surface area contributed by atoms with Crippen LogP contribution in [0.15, 0.2) is 21.7 Å². The second kappa shape index (κ2) is 8.25. The number of hydrogen-bond donors (Lipinski definition) is 3. The molecule has 0 aromatic heterocycles. The SMILES string of the molecule is CCNC(=O)C(=O)N/N=C\c1cc(Br)c(O)c(OCC)c1. The van der Waals surface area contributed by atoms with Crippen LogP contribution in [0, 0.1) is 0 Å². The molecule has 0 atom stereocenters. The standard InChI is InChI=1S/C13H16BrN3O4/c1-3-15-12(19)13(20)17-16-7-8-5-9(14)11(18)10(6-8)21-4-2/h5-7,18H,3-4H2,1-2H3,(H,15,19)(H,17,20)/b16-7-. The highest BCUT2D eigenvalue weighted by Gasteiger charge is 2.11. The number of phenols is 1. The zero-order valence-electron chi connectivity index (χ0n) is 11.6. The molecule has 21 heavy (non-hydrogen) atoms. The lowest BCUT2D eigenvalue weighted by Crippen LogP contribution is -2.37. The van der Waals surface area contributed by atoms with Gasteiger partial charge in [0.15, 0.2) is 11.5 Å². The first-order chi connectivity index (χ1) is 9.99. The van der Waals surface area contributed by atoms with E-state index in [9.17, 15) is 14.7 Å². The van der Waals surface area contributed by atoms with Gasteiger partial charge in [-0.1, -0.05) is 0 Å². The number of phenolic OH excluding ortho intramolecular Hbond substituents is 1. The zero-order valence-corrected chi connectivity index (χ0v) is 13.2. The fourth-order valence-electron chi connectivity index (χ4n) is 1.39. The number of benzene rings is 1. The van der Waals surface area contributed by atoms with Gasteiger partial charge in [0.2, 0.25) is 0 Å².